The number of hydrogen-bond donors (Lipinski definition) is 3. The molecule has 2 heterocycles. The van der Waals surface area contributed by atoms with Gasteiger partial charge in [-0.2, -0.15) is 15.0 Å². The van der Waals surface area contributed by atoms with Gasteiger partial charge in [0.2, 0.25) is 17.8 Å². The Hall–Kier alpha value is -3.17. The molecule has 3 aromatic rings. The Bertz CT molecular complexity index is 1080. The Labute approximate surface area is 210 Å². The van der Waals surface area contributed by atoms with Gasteiger partial charge in [0.15, 0.2) is 0 Å². The molecule has 10 heteroatoms. The highest BCUT2D eigenvalue weighted by atomic mass is 35.5. The minimum Gasteiger partial charge on any atom is -0.396 e. The summed E-state index contributed by atoms with van der Waals surface area (Å²) >= 11 is 6.01. The number of piperazine rings is 1. The van der Waals surface area contributed by atoms with E-state index in [0.717, 1.165) is 37.9 Å². The van der Waals surface area contributed by atoms with Crippen molar-refractivity contribution in [2.24, 2.45) is 0 Å². The molecule has 1 aromatic heterocycles. The first-order valence-corrected chi connectivity index (χ1v) is 12.4. The van der Waals surface area contributed by atoms with Crippen molar-refractivity contribution in [1.29, 1.82) is 0 Å². The normalized spacial score (nSPS) is 13.7. The van der Waals surface area contributed by atoms with E-state index in [9.17, 15) is 4.39 Å². The Balaban J connectivity index is 1.45. The van der Waals surface area contributed by atoms with Gasteiger partial charge in [-0.05, 0) is 49.2 Å². The van der Waals surface area contributed by atoms with Crippen LogP contribution in [0.15, 0.2) is 48.5 Å². The van der Waals surface area contributed by atoms with Gasteiger partial charge in [0.05, 0.1) is 5.69 Å². The van der Waals surface area contributed by atoms with Crippen LogP contribution >= 0.6 is 11.6 Å². The van der Waals surface area contributed by atoms with E-state index >= 15 is 0 Å². The Morgan fingerprint density at radius 3 is 2.26 bits per heavy atom. The van der Waals surface area contributed by atoms with Gasteiger partial charge in [-0.1, -0.05) is 36.6 Å². The summed E-state index contributed by atoms with van der Waals surface area (Å²) in [5.41, 5.74) is 1.45. The topological polar surface area (TPSA) is 89.4 Å². The molecule has 8 nitrogen and oxygen atoms in total. The average Bonchev–Trinajstić information content (AvgIpc) is 2.88. The van der Waals surface area contributed by atoms with E-state index < -0.39 is 0 Å². The molecule has 0 bridgehead atoms. The predicted octanol–water partition coefficient (Wildman–Crippen LogP) is 4.70. The molecule has 2 aromatic carbocycles. The Morgan fingerprint density at radius 2 is 1.51 bits per heavy atom. The van der Waals surface area contributed by atoms with Crippen LogP contribution in [0.1, 0.15) is 25.7 Å². The average molecular weight is 500 g/mol. The van der Waals surface area contributed by atoms with Crippen molar-refractivity contribution in [3.8, 4) is 0 Å². The largest absolute Gasteiger partial charge is 0.396 e. The van der Waals surface area contributed by atoms with Crippen molar-refractivity contribution < 1.29 is 9.50 Å². The minimum atomic E-state index is -0.207. The second-order valence-electron chi connectivity index (χ2n) is 8.40. The molecule has 0 amide bonds. The first-order valence-electron chi connectivity index (χ1n) is 12.0. The summed E-state index contributed by atoms with van der Waals surface area (Å²) in [5, 5.41) is 16.1. The number of para-hydroxylation sites is 1. The molecule has 1 aliphatic rings. The third kappa shape index (κ3) is 7.16. The maximum atomic E-state index is 14.2. The van der Waals surface area contributed by atoms with Gasteiger partial charge in [0, 0.05) is 50.0 Å². The molecule has 0 unspecified atom stereocenters. The fourth-order valence-electron chi connectivity index (χ4n) is 3.95. The molecule has 35 heavy (non-hydrogen) atoms. The zero-order chi connectivity index (χ0) is 24.5. The summed E-state index contributed by atoms with van der Waals surface area (Å²) in [7, 11) is 0. The number of hydrogen-bond acceptors (Lipinski definition) is 8. The lowest BCUT2D eigenvalue weighted by Crippen LogP contribution is -2.47. The van der Waals surface area contributed by atoms with Crippen LogP contribution in [-0.2, 0) is 0 Å². The molecule has 0 spiro atoms. The predicted molar refractivity (Wildman–Crippen MR) is 139 cm³/mol. The molecule has 4 rings (SSSR count). The van der Waals surface area contributed by atoms with Crippen molar-refractivity contribution in [3.05, 3.63) is 59.4 Å². The van der Waals surface area contributed by atoms with Crippen LogP contribution in [0, 0.1) is 5.82 Å². The highest BCUT2D eigenvalue weighted by Crippen LogP contribution is 2.23. The Morgan fingerprint density at radius 1 is 0.829 bits per heavy atom. The van der Waals surface area contributed by atoms with Crippen LogP contribution in [-0.4, -0.2) is 59.4 Å². The maximum absolute atomic E-state index is 14.2. The lowest BCUT2D eigenvalue weighted by molar-refractivity contribution is 0.283. The maximum Gasteiger partial charge on any atom is 0.233 e. The molecule has 0 atom stereocenters. The third-order valence-electron chi connectivity index (χ3n) is 5.85. The van der Waals surface area contributed by atoms with E-state index in [4.69, 9.17) is 16.7 Å². The minimum absolute atomic E-state index is 0.207. The van der Waals surface area contributed by atoms with E-state index in [-0.39, 0.29) is 12.4 Å². The zero-order valence-corrected chi connectivity index (χ0v) is 20.4. The second-order valence-corrected chi connectivity index (χ2v) is 8.84. The fraction of sp³-hybridized carbons (Fsp3) is 0.400. The molecule has 0 saturated carbocycles. The van der Waals surface area contributed by atoms with Gasteiger partial charge in [-0.3, -0.25) is 0 Å². The van der Waals surface area contributed by atoms with Gasteiger partial charge in [-0.25, -0.2) is 4.39 Å². The van der Waals surface area contributed by atoms with Crippen molar-refractivity contribution in [2.75, 3.05) is 59.8 Å². The lowest BCUT2D eigenvalue weighted by atomic mass is 10.2. The van der Waals surface area contributed by atoms with Gasteiger partial charge < -0.3 is 25.5 Å². The number of nitrogens with zero attached hydrogens (tertiary/aromatic N) is 5. The molecule has 0 radical (unpaired) electrons. The van der Waals surface area contributed by atoms with E-state index in [1.165, 1.54) is 6.07 Å². The number of benzene rings is 2. The second kappa shape index (κ2) is 12.5. The van der Waals surface area contributed by atoms with E-state index in [1.54, 1.807) is 18.2 Å². The summed E-state index contributed by atoms with van der Waals surface area (Å²) in [6.45, 7) is 3.63. The van der Waals surface area contributed by atoms with E-state index in [1.807, 2.05) is 29.2 Å². The quantitative estimate of drug-likeness (QED) is 0.327. The summed E-state index contributed by atoms with van der Waals surface area (Å²) in [6.07, 6.45) is 3.81. The molecule has 0 aliphatic carbocycles. The zero-order valence-electron chi connectivity index (χ0n) is 19.6. The van der Waals surface area contributed by atoms with Crippen LogP contribution in [0.2, 0.25) is 5.02 Å². The van der Waals surface area contributed by atoms with Crippen molar-refractivity contribution in [3.63, 3.8) is 0 Å². The highest BCUT2D eigenvalue weighted by molar-refractivity contribution is 6.30. The van der Waals surface area contributed by atoms with Crippen LogP contribution < -0.4 is 20.4 Å². The SMILES string of the molecule is OCCCCCCNc1nc(Nc2ccc(Cl)cc2)nc(N2CCN(c3ccccc3F)CC2)n1. The van der Waals surface area contributed by atoms with Gasteiger partial charge in [-0.15, -0.1) is 0 Å². The van der Waals surface area contributed by atoms with Gasteiger partial charge in [0.1, 0.15) is 5.82 Å². The smallest absolute Gasteiger partial charge is 0.233 e. The van der Waals surface area contributed by atoms with E-state index in [0.29, 0.717) is 54.7 Å². The molecular weight excluding hydrogens is 469 g/mol. The van der Waals surface area contributed by atoms with Crippen LogP contribution in [0.4, 0.5) is 33.6 Å². The first-order chi connectivity index (χ1) is 17.1. The number of rotatable bonds is 11. The highest BCUT2D eigenvalue weighted by Gasteiger charge is 2.22. The molecule has 1 saturated heterocycles. The fourth-order valence-corrected chi connectivity index (χ4v) is 4.08. The molecular formula is C25H31ClFN7O. The number of aliphatic hydroxyl groups excluding tert-OH is 1. The van der Waals surface area contributed by atoms with E-state index in [2.05, 4.69) is 30.5 Å². The monoisotopic (exact) mass is 499 g/mol. The number of anilines is 5. The van der Waals surface area contributed by atoms with Crippen molar-refractivity contribution >= 4 is 40.8 Å². The number of aliphatic hydroxyl groups is 1. The van der Waals surface area contributed by atoms with Crippen molar-refractivity contribution in [2.45, 2.75) is 25.7 Å². The standard InChI is InChI=1S/C25H31ClFN7O/c26-19-9-11-20(12-10-19)29-24-30-23(28-13-5-1-2-6-18-35)31-25(32-24)34-16-14-33(15-17-34)22-8-4-3-7-21(22)27/h3-4,7-12,35H,1-2,5-6,13-18H2,(H2,28,29,30,31,32). The third-order valence-corrected chi connectivity index (χ3v) is 6.10. The molecule has 3 N–H and O–H groups in total. The first kappa shape index (κ1) is 24.9. The number of aromatic nitrogens is 3. The summed E-state index contributed by atoms with van der Waals surface area (Å²) < 4.78 is 14.2. The summed E-state index contributed by atoms with van der Waals surface area (Å²) in [4.78, 5) is 18.0. The summed E-state index contributed by atoms with van der Waals surface area (Å²) in [6, 6.07) is 14.2. The molecule has 1 aliphatic heterocycles. The molecule has 1 fully saturated rings. The van der Waals surface area contributed by atoms with Gasteiger partial charge >= 0.3 is 0 Å². The van der Waals surface area contributed by atoms with Crippen LogP contribution in [0.3, 0.4) is 0 Å². The number of nitrogens with one attached hydrogen (secondary N) is 2. The molecule has 186 valence electrons. The van der Waals surface area contributed by atoms with Crippen LogP contribution in [0.25, 0.3) is 0 Å². The lowest BCUT2D eigenvalue weighted by Gasteiger charge is -2.36. The summed E-state index contributed by atoms with van der Waals surface area (Å²) in [5.74, 6) is 1.32. The van der Waals surface area contributed by atoms with Crippen molar-refractivity contribution in [1.82, 2.24) is 15.0 Å². The number of halogens is 2. The van der Waals surface area contributed by atoms with Crippen LogP contribution in [0.5, 0.6) is 0 Å². The van der Waals surface area contributed by atoms with Gasteiger partial charge in [0.25, 0.3) is 0 Å². The number of unbranched alkanes of at least 4 members (excludes halogenated alkanes) is 3. The Kier molecular flexibility index (Phi) is 8.91.